The lowest BCUT2D eigenvalue weighted by Gasteiger charge is -2.30. The first-order chi connectivity index (χ1) is 12.8. The van der Waals surface area contributed by atoms with Crippen molar-refractivity contribution in [2.75, 3.05) is 13.1 Å². The maximum absolute atomic E-state index is 12.8. The number of carbonyl (C=O) groups excluding carboxylic acids is 1. The molecule has 2 aromatic heterocycles. The van der Waals surface area contributed by atoms with Crippen LogP contribution in [0.25, 0.3) is 0 Å². The average molecular weight is 459 g/mol. The van der Waals surface area contributed by atoms with Crippen molar-refractivity contribution in [3.05, 3.63) is 28.8 Å². The summed E-state index contributed by atoms with van der Waals surface area (Å²) in [4.78, 5) is 12.7. The lowest BCUT2D eigenvalue weighted by atomic mass is 9.99. The van der Waals surface area contributed by atoms with E-state index in [1.165, 1.54) is 21.4 Å². The Labute approximate surface area is 166 Å². The van der Waals surface area contributed by atoms with Gasteiger partial charge in [-0.25, -0.2) is 8.42 Å². The van der Waals surface area contributed by atoms with Crippen molar-refractivity contribution in [3.63, 3.8) is 0 Å². The number of carbonyl (C=O) groups is 1. The summed E-state index contributed by atoms with van der Waals surface area (Å²) in [6, 6.07) is 0. The van der Waals surface area contributed by atoms with Gasteiger partial charge in [0.05, 0.1) is 28.8 Å². The fourth-order valence-corrected chi connectivity index (χ4v) is 5.06. The number of nitrogens with one attached hydrogen (secondary N) is 1. The van der Waals surface area contributed by atoms with E-state index >= 15 is 0 Å². The molecule has 9 nitrogen and oxygen atoms in total. The largest absolute Gasteiger partial charge is 0.350 e. The minimum atomic E-state index is -3.63. The number of nitrogens with zero attached hydrogens (tertiary/aromatic N) is 5. The van der Waals surface area contributed by atoms with Gasteiger partial charge in [-0.1, -0.05) is 0 Å². The van der Waals surface area contributed by atoms with E-state index < -0.39 is 10.0 Å². The van der Waals surface area contributed by atoms with Crippen LogP contribution in [0.5, 0.6) is 0 Å². The van der Waals surface area contributed by atoms with Crippen molar-refractivity contribution in [2.45, 2.75) is 37.8 Å². The molecule has 1 saturated heterocycles. The molecule has 3 rings (SSSR count). The van der Waals surface area contributed by atoms with Crippen molar-refractivity contribution in [3.8, 4) is 0 Å². The Morgan fingerprint density at radius 1 is 1.41 bits per heavy atom. The van der Waals surface area contributed by atoms with E-state index in [-0.39, 0.29) is 23.3 Å². The van der Waals surface area contributed by atoms with Crippen LogP contribution in [-0.2, 0) is 35.0 Å². The van der Waals surface area contributed by atoms with Crippen molar-refractivity contribution in [1.82, 2.24) is 29.2 Å². The number of sulfonamides is 1. The van der Waals surface area contributed by atoms with E-state index in [9.17, 15) is 13.2 Å². The monoisotopic (exact) mass is 458 g/mol. The number of aromatic nitrogens is 4. The van der Waals surface area contributed by atoms with Gasteiger partial charge in [-0.05, 0) is 35.7 Å². The van der Waals surface area contributed by atoms with Crippen LogP contribution in [-0.4, -0.2) is 51.3 Å². The minimum Gasteiger partial charge on any atom is -0.350 e. The highest BCUT2D eigenvalue weighted by Gasteiger charge is 2.34. The van der Waals surface area contributed by atoms with Crippen LogP contribution in [0.1, 0.15) is 25.5 Å². The van der Waals surface area contributed by atoms with Crippen LogP contribution in [0.2, 0.25) is 0 Å². The maximum atomic E-state index is 12.8. The quantitative estimate of drug-likeness (QED) is 0.698. The summed E-state index contributed by atoms with van der Waals surface area (Å²) in [7, 11) is -1.96. The number of aryl methyl sites for hydroxylation is 2. The first-order valence-corrected chi connectivity index (χ1v) is 11.0. The molecule has 0 radical (unpaired) electrons. The molecule has 11 heteroatoms. The second-order valence-corrected chi connectivity index (χ2v) is 9.34. The van der Waals surface area contributed by atoms with Gasteiger partial charge in [-0.3, -0.25) is 14.2 Å². The SMILES string of the molecule is CCn1cc(Br)c(CNC(=O)C2CCCN(S(=O)(=O)c3cnn(C)c3)C2)n1. The topological polar surface area (TPSA) is 102 Å². The van der Waals surface area contributed by atoms with Gasteiger partial charge < -0.3 is 5.32 Å². The molecule has 1 amide bonds. The van der Waals surface area contributed by atoms with Crippen molar-refractivity contribution in [2.24, 2.45) is 13.0 Å². The molecular formula is C16H23BrN6O3S. The Bertz CT molecular complexity index is 922. The van der Waals surface area contributed by atoms with Crippen molar-refractivity contribution >= 4 is 31.9 Å². The van der Waals surface area contributed by atoms with E-state index in [1.807, 2.05) is 13.1 Å². The molecule has 0 bridgehead atoms. The Morgan fingerprint density at radius 2 is 2.19 bits per heavy atom. The van der Waals surface area contributed by atoms with Gasteiger partial charge in [-0.2, -0.15) is 14.5 Å². The third-order valence-corrected chi connectivity index (χ3v) is 7.10. The zero-order valence-corrected chi connectivity index (χ0v) is 17.7. The number of hydrogen-bond acceptors (Lipinski definition) is 5. The van der Waals surface area contributed by atoms with Gasteiger partial charge in [0.1, 0.15) is 4.90 Å². The second kappa shape index (κ2) is 8.11. The zero-order valence-electron chi connectivity index (χ0n) is 15.3. The van der Waals surface area contributed by atoms with Crippen LogP contribution < -0.4 is 5.32 Å². The van der Waals surface area contributed by atoms with Crippen LogP contribution in [0.15, 0.2) is 28.0 Å². The molecule has 148 valence electrons. The van der Waals surface area contributed by atoms with Crippen molar-refractivity contribution < 1.29 is 13.2 Å². The molecular weight excluding hydrogens is 436 g/mol. The predicted molar refractivity (Wildman–Crippen MR) is 102 cm³/mol. The first-order valence-electron chi connectivity index (χ1n) is 8.79. The number of piperidine rings is 1. The highest BCUT2D eigenvalue weighted by atomic mass is 79.9. The molecule has 0 aliphatic carbocycles. The molecule has 1 unspecified atom stereocenters. The molecule has 27 heavy (non-hydrogen) atoms. The summed E-state index contributed by atoms with van der Waals surface area (Å²) in [6.45, 7) is 3.62. The zero-order chi connectivity index (χ0) is 19.6. The highest BCUT2D eigenvalue weighted by molar-refractivity contribution is 9.10. The Balaban J connectivity index is 1.63. The number of hydrogen-bond donors (Lipinski definition) is 1. The highest BCUT2D eigenvalue weighted by Crippen LogP contribution is 2.24. The third kappa shape index (κ3) is 4.41. The van der Waals surface area contributed by atoms with Crippen LogP contribution in [0, 0.1) is 5.92 Å². The smallest absolute Gasteiger partial charge is 0.246 e. The van der Waals surface area contributed by atoms with Crippen LogP contribution >= 0.6 is 15.9 Å². The Morgan fingerprint density at radius 3 is 2.81 bits per heavy atom. The normalized spacial score (nSPS) is 18.6. The van der Waals surface area contributed by atoms with Gasteiger partial charge in [0.25, 0.3) is 0 Å². The molecule has 1 atom stereocenters. The van der Waals surface area contributed by atoms with Gasteiger partial charge in [0, 0.05) is 39.1 Å². The number of rotatable bonds is 6. The van der Waals surface area contributed by atoms with E-state index in [1.54, 1.807) is 11.7 Å². The summed E-state index contributed by atoms with van der Waals surface area (Å²) in [5.41, 5.74) is 0.751. The molecule has 2 aromatic rings. The second-order valence-electron chi connectivity index (χ2n) is 6.55. The summed E-state index contributed by atoms with van der Waals surface area (Å²) in [5, 5.41) is 11.2. The summed E-state index contributed by atoms with van der Waals surface area (Å²) < 4.78 is 31.0. The van der Waals surface area contributed by atoms with Crippen molar-refractivity contribution in [1.29, 1.82) is 0 Å². The molecule has 1 aliphatic heterocycles. The average Bonchev–Trinajstić information content (AvgIpc) is 3.25. The summed E-state index contributed by atoms with van der Waals surface area (Å²) in [6.07, 6.45) is 5.98. The van der Waals surface area contributed by atoms with Gasteiger partial charge in [0.2, 0.25) is 15.9 Å². The lowest BCUT2D eigenvalue weighted by Crippen LogP contribution is -2.45. The number of amides is 1. The predicted octanol–water partition coefficient (Wildman–Crippen LogP) is 1.12. The Hall–Kier alpha value is -1.72. The fraction of sp³-hybridized carbons (Fsp3) is 0.562. The van der Waals surface area contributed by atoms with E-state index in [0.717, 1.165) is 16.7 Å². The molecule has 3 heterocycles. The molecule has 0 aromatic carbocycles. The van der Waals surface area contributed by atoms with Gasteiger partial charge in [-0.15, -0.1) is 0 Å². The lowest BCUT2D eigenvalue weighted by molar-refractivity contribution is -0.126. The minimum absolute atomic E-state index is 0.153. The van der Waals surface area contributed by atoms with Gasteiger partial charge in [0.15, 0.2) is 0 Å². The molecule has 1 fully saturated rings. The fourth-order valence-electron chi connectivity index (χ4n) is 3.09. The van der Waals surface area contributed by atoms with Crippen LogP contribution in [0.3, 0.4) is 0 Å². The Kier molecular flexibility index (Phi) is 6.02. The molecule has 1 aliphatic rings. The standard InChI is InChI=1S/C16H23BrN6O3S/c1-3-22-11-14(17)15(20-22)8-18-16(24)12-5-4-6-23(9-12)27(25,26)13-7-19-21(2)10-13/h7,10-12H,3-6,8-9H2,1-2H3,(H,18,24). The molecule has 0 saturated carbocycles. The number of halogens is 1. The molecule has 0 spiro atoms. The van der Waals surface area contributed by atoms with Crippen LogP contribution in [0.4, 0.5) is 0 Å². The summed E-state index contributed by atoms with van der Waals surface area (Å²) >= 11 is 3.44. The van der Waals surface area contributed by atoms with E-state index in [0.29, 0.717) is 25.9 Å². The molecule has 1 N–H and O–H groups in total. The third-order valence-electron chi connectivity index (χ3n) is 4.62. The first kappa shape index (κ1) is 20.0. The van der Waals surface area contributed by atoms with E-state index in [4.69, 9.17) is 0 Å². The maximum Gasteiger partial charge on any atom is 0.246 e. The van der Waals surface area contributed by atoms with E-state index in [2.05, 4.69) is 31.4 Å². The van der Waals surface area contributed by atoms with Gasteiger partial charge >= 0.3 is 0 Å². The summed E-state index contributed by atoms with van der Waals surface area (Å²) in [5.74, 6) is -0.531.